The highest BCUT2D eigenvalue weighted by Crippen LogP contribution is 2.12. The molecule has 1 aliphatic rings. The number of hydrogen-bond acceptors (Lipinski definition) is 8. The van der Waals surface area contributed by atoms with E-state index in [0.29, 0.717) is 25.3 Å². The van der Waals surface area contributed by atoms with Gasteiger partial charge in [-0.1, -0.05) is 0 Å². The van der Waals surface area contributed by atoms with Crippen molar-refractivity contribution in [2.75, 3.05) is 24.7 Å². The summed E-state index contributed by atoms with van der Waals surface area (Å²) in [6.07, 6.45) is 2.05. The highest BCUT2D eigenvalue weighted by molar-refractivity contribution is 7.91. The Bertz CT molecular complexity index is 463. The Labute approximate surface area is 116 Å². The molecule has 19 heavy (non-hydrogen) atoms. The van der Waals surface area contributed by atoms with Crippen molar-refractivity contribution in [2.45, 2.75) is 25.0 Å². The molecule has 7 nitrogen and oxygen atoms in total. The Hall–Kier alpha value is -0.770. The van der Waals surface area contributed by atoms with Crippen LogP contribution in [0.25, 0.3) is 0 Å². The van der Waals surface area contributed by atoms with Crippen LogP contribution < -0.4 is 10.1 Å². The fraction of sp³-hybridized carbons (Fsp3) is 0.800. The van der Waals surface area contributed by atoms with Gasteiger partial charge >= 0.3 is 0 Å². The molecule has 2 N–H and O–H groups in total. The Morgan fingerprint density at radius 2 is 2.26 bits per heavy atom. The molecule has 0 bridgehead atoms. The molecule has 1 atom stereocenters. The monoisotopic (exact) mass is 307 g/mol. The minimum Gasteiger partial charge on any atom is -0.473 e. The van der Waals surface area contributed by atoms with Gasteiger partial charge in [-0.05, 0) is 12.8 Å². The smallest absolute Gasteiger partial charge is 0.245 e. The number of aliphatic hydroxyl groups excluding tert-OH is 1. The summed E-state index contributed by atoms with van der Waals surface area (Å²) < 4.78 is 35.4. The zero-order valence-electron chi connectivity index (χ0n) is 10.4. The van der Waals surface area contributed by atoms with Crippen molar-refractivity contribution in [3.63, 3.8) is 0 Å². The molecule has 0 amide bonds. The highest BCUT2D eigenvalue weighted by atomic mass is 32.2. The lowest BCUT2D eigenvalue weighted by Gasteiger charge is -2.24. The molecule has 0 spiro atoms. The van der Waals surface area contributed by atoms with Gasteiger partial charge < -0.3 is 15.2 Å². The van der Waals surface area contributed by atoms with Crippen molar-refractivity contribution in [2.24, 2.45) is 0 Å². The molecular weight excluding hydrogens is 290 g/mol. The molecule has 1 aromatic rings. The minimum atomic E-state index is -2.84. The van der Waals surface area contributed by atoms with E-state index in [2.05, 4.69) is 14.1 Å². The maximum Gasteiger partial charge on any atom is 0.245 e. The fourth-order valence-corrected chi connectivity index (χ4v) is 3.71. The van der Waals surface area contributed by atoms with Crippen molar-refractivity contribution >= 4 is 21.6 Å². The molecule has 1 aliphatic heterocycles. The second-order valence-corrected chi connectivity index (χ2v) is 7.41. The van der Waals surface area contributed by atoms with Crippen molar-refractivity contribution in [1.29, 1.82) is 0 Å². The maximum atomic E-state index is 11.3. The number of aromatic nitrogens is 2. The third kappa shape index (κ3) is 5.01. The van der Waals surface area contributed by atoms with Crippen LogP contribution in [0.15, 0.2) is 6.20 Å². The van der Waals surface area contributed by atoms with E-state index in [0.717, 1.165) is 11.7 Å². The standard InChI is InChI=1S/C10H17N3O4S2/c14-9(7-17-10-6-12-18-13-10)5-11-8-1-3-19(15,16)4-2-8/h6,8-9,11,14H,1-5,7H2. The van der Waals surface area contributed by atoms with Crippen molar-refractivity contribution in [3.8, 4) is 5.88 Å². The Balaban J connectivity index is 1.62. The molecule has 0 aromatic carbocycles. The topological polar surface area (TPSA) is 101 Å². The number of hydrogen-bond donors (Lipinski definition) is 2. The summed E-state index contributed by atoms with van der Waals surface area (Å²) in [6, 6.07) is 0.152. The fourth-order valence-electron chi connectivity index (χ4n) is 1.86. The number of sulfone groups is 1. The first-order valence-electron chi connectivity index (χ1n) is 6.07. The third-order valence-electron chi connectivity index (χ3n) is 2.96. The number of rotatable bonds is 6. The second kappa shape index (κ2) is 6.60. The number of aliphatic hydroxyl groups is 1. The predicted molar refractivity (Wildman–Crippen MR) is 71.1 cm³/mol. The van der Waals surface area contributed by atoms with Gasteiger partial charge in [-0.15, -0.1) is 4.37 Å². The van der Waals surface area contributed by atoms with E-state index in [4.69, 9.17) is 4.74 Å². The average Bonchev–Trinajstić information content (AvgIpc) is 2.88. The first kappa shape index (κ1) is 14.6. The van der Waals surface area contributed by atoms with Crippen molar-refractivity contribution < 1.29 is 18.3 Å². The molecule has 2 heterocycles. The molecule has 0 saturated carbocycles. The number of ether oxygens (including phenoxy) is 1. The van der Waals surface area contributed by atoms with Gasteiger partial charge in [0.05, 0.1) is 23.2 Å². The zero-order chi connectivity index (χ0) is 13.7. The molecule has 1 fully saturated rings. The second-order valence-electron chi connectivity index (χ2n) is 4.54. The molecule has 9 heteroatoms. The maximum absolute atomic E-state index is 11.3. The Morgan fingerprint density at radius 3 is 2.89 bits per heavy atom. The van der Waals surface area contributed by atoms with E-state index < -0.39 is 15.9 Å². The molecule has 2 rings (SSSR count). The van der Waals surface area contributed by atoms with Gasteiger partial charge in [0.25, 0.3) is 0 Å². The van der Waals surface area contributed by atoms with Gasteiger partial charge in [0.15, 0.2) is 0 Å². The van der Waals surface area contributed by atoms with E-state index in [9.17, 15) is 13.5 Å². The zero-order valence-corrected chi connectivity index (χ0v) is 12.0. The normalized spacial score (nSPS) is 21.1. The van der Waals surface area contributed by atoms with Gasteiger partial charge in [0.1, 0.15) is 28.7 Å². The van der Waals surface area contributed by atoms with Crippen LogP contribution in [0.5, 0.6) is 5.88 Å². The Morgan fingerprint density at radius 1 is 1.53 bits per heavy atom. The average molecular weight is 307 g/mol. The Kier molecular flexibility index (Phi) is 5.08. The molecular formula is C10H17N3O4S2. The summed E-state index contributed by atoms with van der Waals surface area (Å²) in [4.78, 5) is 0. The van der Waals surface area contributed by atoms with Crippen LogP contribution in [-0.4, -0.2) is 59.1 Å². The molecule has 0 aliphatic carbocycles. The molecule has 108 valence electrons. The summed E-state index contributed by atoms with van der Waals surface area (Å²) in [5.41, 5.74) is 0. The lowest BCUT2D eigenvalue weighted by molar-refractivity contribution is 0.101. The molecule has 1 saturated heterocycles. The molecule has 0 radical (unpaired) electrons. The lowest BCUT2D eigenvalue weighted by atomic mass is 10.1. The summed E-state index contributed by atoms with van der Waals surface area (Å²) in [5.74, 6) is 0.858. The summed E-state index contributed by atoms with van der Waals surface area (Å²) in [6.45, 7) is 0.520. The number of nitrogens with one attached hydrogen (secondary N) is 1. The summed E-state index contributed by atoms with van der Waals surface area (Å²) in [5, 5.41) is 12.9. The van der Waals surface area contributed by atoms with Gasteiger partial charge in [0, 0.05) is 12.6 Å². The molecule has 1 unspecified atom stereocenters. The van der Waals surface area contributed by atoms with E-state index in [1.54, 1.807) is 0 Å². The lowest BCUT2D eigenvalue weighted by Crippen LogP contribution is -2.42. The summed E-state index contributed by atoms with van der Waals surface area (Å²) in [7, 11) is -2.84. The van der Waals surface area contributed by atoms with Crippen LogP contribution in [0.2, 0.25) is 0 Å². The van der Waals surface area contributed by atoms with Crippen LogP contribution >= 0.6 is 11.7 Å². The van der Waals surface area contributed by atoms with E-state index in [-0.39, 0.29) is 24.2 Å². The molecule has 1 aromatic heterocycles. The van der Waals surface area contributed by atoms with E-state index in [1.807, 2.05) is 0 Å². The van der Waals surface area contributed by atoms with E-state index in [1.165, 1.54) is 6.20 Å². The van der Waals surface area contributed by atoms with Crippen LogP contribution in [0.4, 0.5) is 0 Å². The van der Waals surface area contributed by atoms with Gasteiger partial charge in [-0.2, -0.15) is 4.37 Å². The van der Waals surface area contributed by atoms with Crippen LogP contribution in [0.3, 0.4) is 0 Å². The first-order chi connectivity index (χ1) is 9.05. The third-order valence-corrected chi connectivity index (χ3v) is 5.14. The van der Waals surface area contributed by atoms with Gasteiger partial charge in [-0.25, -0.2) is 8.42 Å². The SMILES string of the molecule is O=S1(=O)CCC(NCC(O)COc2cnsn2)CC1. The predicted octanol–water partition coefficient (Wildman–Crippen LogP) is -0.555. The van der Waals surface area contributed by atoms with Crippen LogP contribution in [0.1, 0.15) is 12.8 Å². The quantitative estimate of drug-likeness (QED) is 0.726. The van der Waals surface area contributed by atoms with Crippen molar-refractivity contribution in [1.82, 2.24) is 14.1 Å². The number of nitrogens with zero attached hydrogens (tertiary/aromatic N) is 2. The van der Waals surface area contributed by atoms with Crippen molar-refractivity contribution in [3.05, 3.63) is 6.20 Å². The largest absolute Gasteiger partial charge is 0.473 e. The van der Waals surface area contributed by atoms with Crippen LogP contribution in [-0.2, 0) is 9.84 Å². The highest BCUT2D eigenvalue weighted by Gasteiger charge is 2.23. The first-order valence-corrected chi connectivity index (χ1v) is 8.62. The van der Waals surface area contributed by atoms with Gasteiger partial charge in [0.2, 0.25) is 5.88 Å². The van der Waals surface area contributed by atoms with Crippen LogP contribution in [0, 0.1) is 0 Å². The van der Waals surface area contributed by atoms with E-state index >= 15 is 0 Å². The minimum absolute atomic E-state index is 0.142. The summed E-state index contributed by atoms with van der Waals surface area (Å²) >= 11 is 1.05. The van der Waals surface area contributed by atoms with Gasteiger partial charge in [-0.3, -0.25) is 0 Å².